The minimum atomic E-state index is 0.0973. The van der Waals surface area contributed by atoms with E-state index in [4.69, 9.17) is 0 Å². The molecular formula is C17H24N4. The van der Waals surface area contributed by atoms with Crippen LogP contribution in [0, 0.1) is 0 Å². The Kier molecular flexibility index (Phi) is 4.91. The molecule has 0 amide bonds. The molecule has 0 saturated heterocycles. The van der Waals surface area contributed by atoms with Crippen LogP contribution in [-0.2, 0) is 13.1 Å². The first-order valence-corrected chi connectivity index (χ1v) is 7.25. The topological polar surface area (TPSA) is 41.1 Å². The largest absolute Gasteiger partial charge is 0.367 e. The van der Waals surface area contributed by atoms with Crippen molar-refractivity contribution < 1.29 is 0 Å². The van der Waals surface area contributed by atoms with Gasteiger partial charge in [-0.05, 0) is 44.5 Å². The molecule has 4 heteroatoms. The Morgan fingerprint density at radius 1 is 1.14 bits per heavy atom. The van der Waals surface area contributed by atoms with E-state index in [2.05, 4.69) is 54.1 Å². The molecule has 0 aliphatic rings. The van der Waals surface area contributed by atoms with Gasteiger partial charge < -0.3 is 10.2 Å². The molecule has 2 rings (SSSR count). The second-order valence-corrected chi connectivity index (χ2v) is 6.29. The van der Waals surface area contributed by atoms with E-state index in [1.807, 2.05) is 36.8 Å². The summed E-state index contributed by atoms with van der Waals surface area (Å²) >= 11 is 0. The van der Waals surface area contributed by atoms with Gasteiger partial charge in [-0.1, -0.05) is 6.07 Å². The maximum absolute atomic E-state index is 4.38. The lowest BCUT2D eigenvalue weighted by Crippen LogP contribution is -2.35. The summed E-state index contributed by atoms with van der Waals surface area (Å²) in [5.41, 5.74) is 3.54. The predicted octanol–water partition coefficient (Wildman–Crippen LogP) is 3.00. The van der Waals surface area contributed by atoms with E-state index in [1.54, 1.807) is 0 Å². The number of anilines is 1. The van der Waals surface area contributed by atoms with Crippen LogP contribution in [0.5, 0.6) is 0 Å². The molecule has 1 N–H and O–H groups in total. The summed E-state index contributed by atoms with van der Waals surface area (Å²) in [5, 5.41) is 3.53. The molecular weight excluding hydrogens is 260 g/mol. The van der Waals surface area contributed by atoms with Crippen LogP contribution in [0.1, 0.15) is 32.0 Å². The molecule has 2 aromatic heterocycles. The van der Waals surface area contributed by atoms with Crippen LogP contribution >= 0.6 is 0 Å². The van der Waals surface area contributed by atoms with Gasteiger partial charge in [0, 0.05) is 31.5 Å². The monoisotopic (exact) mass is 284 g/mol. The Hall–Kier alpha value is -1.94. The fourth-order valence-corrected chi connectivity index (χ4v) is 2.09. The van der Waals surface area contributed by atoms with Gasteiger partial charge >= 0.3 is 0 Å². The molecule has 2 aromatic rings. The van der Waals surface area contributed by atoms with Crippen molar-refractivity contribution in [1.82, 2.24) is 15.3 Å². The molecule has 0 aliphatic carbocycles. The van der Waals surface area contributed by atoms with E-state index in [0.29, 0.717) is 0 Å². The fraction of sp³-hybridized carbons (Fsp3) is 0.412. The van der Waals surface area contributed by atoms with Crippen LogP contribution in [0.2, 0.25) is 0 Å². The standard InChI is InChI=1S/C17H24N4/c1-17(2,3)20-11-14-8-10-18-12-16(14)21(4)13-15-7-5-6-9-19-15/h5-10,12,20H,11,13H2,1-4H3. The molecule has 0 bridgehead atoms. The third-order valence-electron chi connectivity index (χ3n) is 3.23. The SMILES string of the molecule is CN(Cc1ccccn1)c1cnccc1CNC(C)(C)C. The van der Waals surface area contributed by atoms with Crippen molar-refractivity contribution in [2.75, 3.05) is 11.9 Å². The molecule has 0 fully saturated rings. The summed E-state index contributed by atoms with van der Waals surface area (Å²) in [6.07, 6.45) is 5.59. The number of aromatic nitrogens is 2. The Labute approximate surface area is 127 Å². The Morgan fingerprint density at radius 2 is 1.95 bits per heavy atom. The van der Waals surface area contributed by atoms with Crippen molar-refractivity contribution >= 4 is 5.69 Å². The number of nitrogens with one attached hydrogen (secondary N) is 1. The van der Waals surface area contributed by atoms with Gasteiger partial charge in [-0.2, -0.15) is 0 Å². The third kappa shape index (κ3) is 4.83. The minimum Gasteiger partial charge on any atom is -0.367 e. The molecule has 4 nitrogen and oxygen atoms in total. The van der Waals surface area contributed by atoms with Gasteiger partial charge in [0.15, 0.2) is 0 Å². The van der Waals surface area contributed by atoms with Crippen LogP contribution in [-0.4, -0.2) is 22.6 Å². The summed E-state index contributed by atoms with van der Waals surface area (Å²) in [4.78, 5) is 10.8. The highest BCUT2D eigenvalue weighted by Gasteiger charge is 2.12. The summed E-state index contributed by atoms with van der Waals surface area (Å²) in [7, 11) is 2.08. The molecule has 112 valence electrons. The molecule has 0 unspecified atom stereocenters. The minimum absolute atomic E-state index is 0.0973. The first-order valence-electron chi connectivity index (χ1n) is 7.25. The van der Waals surface area contributed by atoms with E-state index in [-0.39, 0.29) is 5.54 Å². The summed E-state index contributed by atoms with van der Waals surface area (Å²) in [6.45, 7) is 8.12. The van der Waals surface area contributed by atoms with E-state index in [0.717, 1.165) is 24.5 Å². The van der Waals surface area contributed by atoms with Crippen molar-refractivity contribution in [1.29, 1.82) is 0 Å². The Balaban J connectivity index is 2.11. The lowest BCUT2D eigenvalue weighted by molar-refractivity contribution is 0.424. The first kappa shape index (κ1) is 15.4. The highest BCUT2D eigenvalue weighted by Crippen LogP contribution is 2.20. The van der Waals surface area contributed by atoms with Crippen LogP contribution < -0.4 is 10.2 Å². The molecule has 21 heavy (non-hydrogen) atoms. The molecule has 2 heterocycles. The van der Waals surface area contributed by atoms with Crippen LogP contribution in [0.15, 0.2) is 42.9 Å². The summed E-state index contributed by atoms with van der Waals surface area (Å²) in [5.74, 6) is 0. The third-order valence-corrected chi connectivity index (χ3v) is 3.23. The summed E-state index contributed by atoms with van der Waals surface area (Å²) in [6, 6.07) is 8.07. The highest BCUT2D eigenvalue weighted by molar-refractivity contribution is 5.51. The number of rotatable bonds is 5. The Bertz CT molecular complexity index is 561. The van der Waals surface area contributed by atoms with Gasteiger partial charge in [-0.25, -0.2) is 0 Å². The van der Waals surface area contributed by atoms with E-state index < -0.39 is 0 Å². The predicted molar refractivity (Wildman–Crippen MR) is 87.2 cm³/mol. The average molecular weight is 284 g/mol. The van der Waals surface area contributed by atoms with Crippen molar-refractivity contribution in [3.8, 4) is 0 Å². The second-order valence-electron chi connectivity index (χ2n) is 6.29. The van der Waals surface area contributed by atoms with Gasteiger partial charge in [0.2, 0.25) is 0 Å². The normalized spacial score (nSPS) is 11.4. The second kappa shape index (κ2) is 6.68. The zero-order chi connectivity index (χ0) is 15.3. The van der Waals surface area contributed by atoms with Crippen LogP contribution in [0.3, 0.4) is 0 Å². The highest BCUT2D eigenvalue weighted by atomic mass is 15.1. The van der Waals surface area contributed by atoms with Crippen molar-refractivity contribution in [2.24, 2.45) is 0 Å². The molecule has 0 saturated carbocycles. The average Bonchev–Trinajstić information content (AvgIpc) is 2.46. The van der Waals surface area contributed by atoms with Gasteiger partial charge in [-0.15, -0.1) is 0 Å². The zero-order valence-corrected chi connectivity index (χ0v) is 13.3. The molecule has 0 aromatic carbocycles. The van der Waals surface area contributed by atoms with E-state index in [1.165, 1.54) is 5.56 Å². The quantitative estimate of drug-likeness (QED) is 0.916. The van der Waals surface area contributed by atoms with Gasteiger partial charge in [0.1, 0.15) is 0 Å². The zero-order valence-electron chi connectivity index (χ0n) is 13.3. The molecule has 0 radical (unpaired) electrons. The smallest absolute Gasteiger partial charge is 0.0599 e. The Morgan fingerprint density at radius 3 is 2.62 bits per heavy atom. The van der Waals surface area contributed by atoms with Crippen LogP contribution in [0.25, 0.3) is 0 Å². The van der Waals surface area contributed by atoms with Gasteiger partial charge in [-0.3, -0.25) is 9.97 Å². The maximum atomic E-state index is 4.38. The maximum Gasteiger partial charge on any atom is 0.0599 e. The van der Waals surface area contributed by atoms with Crippen molar-refractivity contribution in [2.45, 2.75) is 39.4 Å². The van der Waals surface area contributed by atoms with Gasteiger partial charge in [0.05, 0.1) is 24.1 Å². The molecule has 0 aliphatic heterocycles. The van der Waals surface area contributed by atoms with Gasteiger partial charge in [0.25, 0.3) is 0 Å². The number of pyridine rings is 2. The number of hydrogen-bond donors (Lipinski definition) is 1. The lowest BCUT2D eigenvalue weighted by Gasteiger charge is -2.25. The summed E-state index contributed by atoms with van der Waals surface area (Å²) < 4.78 is 0. The van der Waals surface area contributed by atoms with E-state index >= 15 is 0 Å². The molecule has 0 atom stereocenters. The number of hydrogen-bond acceptors (Lipinski definition) is 4. The lowest BCUT2D eigenvalue weighted by atomic mass is 10.1. The fourth-order valence-electron chi connectivity index (χ4n) is 2.09. The van der Waals surface area contributed by atoms with Crippen molar-refractivity contribution in [3.05, 3.63) is 54.1 Å². The van der Waals surface area contributed by atoms with E-state index in [9.17, 15) is 0 Å². The molecule has 0 spiro atoms. The number of nitrogens with zero attached hydrogens (tertiary/aromatic N) is 3. The van der Waals surface area contributed by atoms with Crippen LogP contribution in [0.4, 0.5) is 5.69 Å². The van der Waals surface area contributed by atoms with Crippen molar-refractivity contribution in [3.63, 3.8) is 0 Å². The first-order chi connectivity index (χ1) is 9.96.